The third-order valence-corrected chi connectivity index (χ3v) is 8.40. The first-order valence-electron chi connectivity index (χ1n) is 9.36. The van der Waals surface area contributed by atoms with Gasteiger partial charge in [0.1, 0.15) is 10.8 Å². The number of benzene rings is 2. The molecule has 0 amide bonds. The summed E-state index contributed by atoms with van der Waals surface area (Å²) in [7, 11) is 1.18. The smallest absolute Gasteiger partial charge is 0.377 e. The van der Waals surface area contributed by atoms with Crippen LogP contribution in [0.5, 0.6) is 0 Å². The summed E-state index contributed by atoms with van der Waals surface area (Å²) in [6.45, 7) is 0. The maximum absolute atomic E-state index is 12.8. The molecule has 8 nitrogen and oxygen atoms in total. The van der Waals surface area contributed by atoms with Gasteiger partial charge in [-0.1, -0.05) is 47.8 Å². The Morgan fingerprint density at radius 2 is 1.88 bits per heavy atom. The second kappa shape index (κ2) is 8.23. The lowest BCUT2D eigenvalue weighted by atomic mass is 10.0. The van der Waals surface area contributed by atoms with Gasteiger partial charge in [-0.25, -0.2) is 19.6 Å². The highest BCUT2D eigenvalue weighted by Gasteiger charge is 2.62. The van der Waals surface area contributed by atoms with E-state index in [0.717, 1.165) is 22.0 Å². The summed E-state index contributed by atoms with van der Waals surface area (Å²) in [5, 5.41) is -1.06. The molecule has 0 spiro atoms. The number of methoxy groups -OCH3 is 1. The summed E-state index contributed by atoms with van der Waals surface area (Å²) in [4.78, 5) is 46.7. The Hall–Kier alpha value is -2.89. The van der Waals surface area contributed by atoms with E-state index in [0.29, 0.717) is 15.4 Å². The number of hydrogen-bond acceptors (Lipinski definition) is 11. The molecule has 4 aromatic rings. The van der Waals surface area contributed by atoms with E-state index < -0.39 is 28.6 Å². The SMILES string of the molecule is COC(=O)C1(CSc2nc3ccccc3s2)OC(=O)C(=O)C1Sc1nc2ccccc2o1. The Morgan fingerprint density at radius 3 is 2.62 bits per heavy atom. The summed E-state index contributed by atoms with van der Waals surface area (Å²) >= 11 is 3.54. The summed E-state index contributed by atoms with van der Waals surface area (Å²) in [6.07, 6.45) is 0. The summed E-state index contributed by atoms with van der Waals surface area (Å²) in [5.74, 6) is -2.80. The average molecular weight is 487 g/mol. The number of carbonyl (C=O) groups excluding carboxylic acids is 3. The van der Waals surface area contributed by atoms with Gasteiger partial charge in [-0.05, 0) is 24.3 Å². The molecule has 0 aliphatic carbocycles. The van der Waals surface area contributed by atoms with Crippen molar-refractivity contribution in [1.82, 2.24) is 9.97 Å². The number of oxazole rings is 1. The van der Waals surface area contributed by atoms with E-state index in [-0.39, 0.29) is 11.0 Å². The topological polar surface area (TPSA) is 109 Å². The number of ketones is 1. The van der Waals surface area contributed by atoms with Crippen LogP contribution in [0.15, 0.2) is 62.5 Å². The van der Waals surface area contributed by atoms with Gasteiger partial charge in [0, 0.05) is 0 Å². The number of nitrogens with zero attached hydrogens (tertiary/aromatic N) is 2. The number of para-hydroxylation sites is 3. The van der Waals surface area contributed by atoms with Crippen molar-refractivity contribution < 1.29 is 28.3 Å². The number of Topliss-reactive ketones (excluding diaryl/α,β-unsaturated/α-hetero) is 1. The predicted octanol–water partition coefficient (Wildman–Crippen LogP) is 3.73. The second-order valence-electron chi connectivity index (χ2n) is 6.82. The van der Waals surface area contributed by atoms with Crippen LogP contribution in [0.25, 0.3) is 21.3 Å². The van der Waals surface area contributed by atoms with Crippen LogP contribution in [0.4, 0.5) is 0 Å². The molecule has 2 atom stereocenters. The van der Waals surface area contributed by atoms with E-state index >= 15 is 0 Å². The van der Waals surface area contributed by atoms with Crippen LogP contribution in [-0.4, -0.2) is 51.4 Å². The highest BCUT2D eigenvalue weighted by Crippen LogP contribution is 2.43. The van der Waals surface area contributed by atoms with Gasteiger partial charge in [0.25, 0.3) is 11.0 Å². The summed E-state index contributed by atoms with van der Waals surface area (Å²) < 4.78 is 17.7. The molecule has 3 heterocycles. The van der Waals surface area contributed by atoms with Crippen LogP contribution in [0, 0.1) is 0 Å². The van der Waals surface area contributed by atoms with Crippen molar-refractivity contribution in [3.63, 3.8) is 0 Å². The maximum Gasteiger partial charge on any atom is 0.377 e. The molecular weight excluding hydrogens is 472 g/mol. The van der Waals surface area contributed by atoms with Gasteiger partial charge >= 0.3 is 11.9 Å². The van der Waals surface area contributed by atoms with Crippen LogP contribution in [0.2, 0.25) is 0 Å². The van der Waals surface area contributed by atoms with Crippen molar-refractivity contribution in [2.75, 3.05) is 12.9 Å². The molecule has 1 aliphatic heterocycles. The zero-order valence-electron chi connectivity index (χ0n) is 16.5. The number of thioether (sulfide) groups is 2. The molecule has 0 bridgehead atoms. The van der Waals surface area contributed by atoms with Gasteiger partial charge in [0.05, 0.1) is 23.1 Å². The number of hydrogen-bond donors (Lipinski definition) is 0. The lowest BCUT2D eigenvalue weighted by Gasteiger charge is -2.27. The molecule has 0 N–H and O–H groups in total. The van der Waals surface area contributed by atoms with Gasteiger partial charge in [-0.2, -0.15) is 0 Å². The van der Waals surface area contributed by atoms with Crippen molar-refractivity contribution in [2.24, 2.45) is 0 Å². The van der Waals surface area contributed by atoms with Gasteiger partial charge in [-0.15, -0.1) is 11.3 Å². The number of carbonyl (C=O) groups is 3. The first-order valence-corrected chi connectivity index (χ1v) is 12.0. The molecule has 2 aromatic heterocycles. The first-order chi connectivity index (χ1) is 15.5. The van der Waals surface area contributed by atoms with E-state index in [1.165, 1.54) is 30.2 Å². The van der Waals surface area contributed by atoms with Crippen molar-refractivity contribution in [1.29, 1.82) is 0 Å². The molecule has 32 heavy (non-hydrogen) atoms. The standard InChI is InChI=1S/C21H14N2O6S3/c1-27-18(26)21(10-30-20-23-12-7-3-5-9-14(12)31-20)16(15(24)17(25)29-21)32-19-22-11-6-2-4-8-13(11)28-19/h2-9,16H,10H2,1H3. The lowest BCUT2D eigenvalue weighted by Crippen LogP contribution is -2.50. The van der Waals surface area contributed by atoms with Crippen molar-refractivity contribution in [3.05, 3.63) is 48.5 Å². The minimum atomic E-state index is -1.84. The molecule has 11 heteroatoms. The number of rotatable bonds is 6. The van der Waals surface area contributed by atoms with E-state index in [4.69, 9.17) is 13.9 Å². The Labute approximate surface area is 193 Å². The Morgan fingerprint density at radius 1 is 1.12 bits per heavy atom. The van der Waals surface area contributed by atoms with Crippen molar-refractivity contribution in [3.8, 4) is 0 Å². The van der Waals surface area contributed by atoms with Crippen LogP contribution in [-0.2, 0) is 23.9 Å². The van der Waals surface area contributed by atoms with Crippen molar-refractivity contribution >= 4 is 73.9 Å². The van der Waals surface area contributed by atoms with Gasteiger partial charge in [-0.3, -0.25) is 4.79 Å². The molecule has 5 rings (SSSR count). The fraction of sp³-hybridized carbons (Fsp3) is 0.190. The minimum absolute atomic E-state index is 0.0468. The molecular formula is C21H14N2O6S3. The molecule has 162 valence electrons. The van der Waals surface area contributed by atoms with Crippen LogP contribution < -0.4 is 0 Å². The quantitative estimate of drug-likeness (QED) is 0.227. The number of ether oxygens (including phenoxy) is 2. The summed E-state index contributed by atoms with van der Waals surface area (Å²) in [6, 6.07) is 14.7. The largest absolute Gasteiger partial charge is 0.466 e. The highest BCUT2D eigenvalue weighted by atomic mass is 32.2. The van der Waals surface area contributed by atoms with Crippen LogP contribution in [0.3, 0.4) is 0 Å². The highest BCUT2D eigenvalue weighted by molar-refractivity contribution is 8.02. The van der Waals surface area contributed by atoms with Crippen LogP contribution in [0.1, 0.15) is 0 Å². The monoisotopic (exact) mass is 486 g/mol. The Kier molecular flexibility index (Phi) is 5.39. The number of esters is 2. The molecule has 1 fully saturated rings. The summed E-state index contributed by atoms with van der Waals surface area (Å²) in [5.41, 5.74) is 0.112. The number of thiazole rings is 1. The van der Waals surface area contributed by atoms with Crippen molar-refractivity contribution in [2.45, 2.75) is 20.4 Å². The zero-order valence-corrected chi connectivity index (χ0v) is 18.9. The van der Waals surface area contributed by atoms with E-state index in [1.807, 2.05) is 24.3 Å². The van der Waals surface area contributed by atoms with Gasteiger partial charge < -0.3 is 13.9 Å². The minimum Gasteiger partial charge on any atom is -0.466 e. The normalized spacial score (nSPS) is 20.7. The van der Waals surface area contributed by atoms with E-state index in [9.17, 15) is 14.4 Å². The number of fused-ring (bicyclic) bond motifs is 2. The van der Waals surface area contributed by atoms with Gasteiger partial charge in [0.2, 0.25) is 5.60 Å². The first kappa shape index (κ1) is 21.0. The fourth-order valence-electron chi connectivity index (χ4n) is 3.31. The Balaban J connectivity index is 1.47. The lowest BCUT2D eigenvalue weighted by molar-refractivity contribution is -0.169. The van der Waals surface area contributed by atoms with Gasteiger partial charge in [0.15, 0.2) is 9.92 Å². The van der Waals surface area contributed by atoms with Crippen LogP contribution >= 0.6 is 34.9 Å². The van der Waals surface area contributed by atoms with E-state index in [1.54, 1.807) is 24.3 Å². The van der Waals surface area contributed by atoms with E-state index in [2.05, 4.69) is 9.97 Å². The molecule has 1 saturated heterocycles. The average Bonchev–Trinajstić information content (AvgIpc) is 3.47. The zero-order chi connectivity index (χ0) is 22.3. The predicted molar refractivity (Wildman–Crippen MR) is 120 cm³/mol. The second-order valence-corrected chi connectivity index (χ2v) is 10.1. The fourth-order valence-corrected chi connectivity index (χ4v) is 6.75. The Bertz CT molecular complexity index is 1300. The molecule has 2 aromatic carbocycles. The number of cyclic esters (lactones) is 1. The number of aromatic nitrogens is 2. The molecule has 1 aliphatic rings. The third kappa shape index (κ3) is 3.55. The molecule has 2 unspecified atom stereocenters. The third-order valence-electron chi connectivity index (χ3n) is 4.85. The molecule has 0 radical (unpaired) electrons. The maximum atomic E-state index is 12.8. The molecule has 0 saturated carbocycles.